The number of amides is 2. The van der Waals surface area contributed by atoms with Crippen molar-refractivity contribution in [3.63, 3.8) is 0 Å². The molecule has 0 saturated heterocycles. The monoisotopic (exact) mass is 551 g/mol. The average Bonchev–Trinajstić information content (AvgIpc) is 3.35. The van der Waals surface area contributed by atoms with Gasteiger partial charge in [0.2, 0.25) is 10.0 Å². The van der Waals surface area contributed by atoms with Crippen LogP contribution in [0.15, 0.2) is 65.6 Å². The van der Waals surface area contributed by atoms with Crippen LogP contribution in [-0.2, 0) is 21.2 Å². The maximum atomic E-state index is 13.1. The minimum absolute atomic E-state index is 0.120. The van der Waals surface area contributed by atoms with Gasteiger partial charge in [-0.05, 0) is 79.1 Å². The van der Waals surface area contributed by atoms with Crippen LogP contribution < -0.4 is 19.7 Å². The molecular weight excluding hydrogens is 518 g/mol. The lowest BCUT2D eigenvalue weighted by molar-refractivity contribution is -0.118. The number of carbonyl (C=O) groups is 2. The van der Waals surface area contributed by atoms with Gasteiger partial charge in [-0.25, -0.2) is 8.42 Å². The van der Waals surface area contributed by atoms with Gasteiger partial charge in [0.25, 0.3) is 11.8 Å². The number of aryl methyl sites for hydroxylation is 1. The summed E-state index contributed by atoms with van der Waals surface area (Å²) < 4.78 is 37.8. The molecule has 3 aromatic carbocycles. The van der Waals surface area contributed by atoms with Crippen molar-refractivity contribution in [2.45, 2.75) is 32.1 Å². The van der Waals surface area contributed by atoms with Gasteiger partial charge in [-0.1, -0.05) is 19.9 Å². The normalized spacial score (nSPS) is 12.8. The number of ether oxygens (including phenoxy) is 2. The van der Waals surface area contributed by atoms with Crippen LogP contribution in [0.2, 0.25) is 0 Å². The van der Waals surface area contributed by atoms with Crippen molar-refractivity contribution in [1.82, 2.24) is 4.31 Å². The van der Waals surface area contributed by atoms with Crippen LogP contribution in [0.4, 0.5) is 11.4 Å². The first kappa shape index (κ1) is 28.1. The maximum Gasteiger partial charge on any atom is 0.262 e. The molecule has 10 heteroatoms. The lowest BCUT2D eigenvalue weighted by atomic mass is 10.1. The zero-order chi connectivity index (χ0) is 28.2. The van der Waals surface area contributed by atoms with Gasteiger partial charge < -0.3 is 19.7 Å². The van der Waals surface area contributed by atoms with E-state index in [9.17, 15) is 18.0 Å². The summed E-state index contributed by atoms with van der Waals surface area (Å²) in [7, 11) is -2.01. The smallest absolute Gasteiger partial charge is 0.262 e. The number of nitrogens with one attached hydrogen (secondary N) is 1. The van der Waals surface area contributed by atoms with Gasteiger partial charge >= 0.3 is 0 Å². The molecule has 39 heavy (non-hydrogen) atoms. The Morgan fingerprint density at radius 3 is 2.36 bits per heavy atom. The molecule has 1 N–H and O–H groups in total. The predicted molar refractivity (Wildman–Crippen MR) is 150 cm³/mol. The number of hydrogen-bond acceptors (Lipinski definition) is 6. The molecule has 1 heterocycles. The molecule has 0 spiro atoms. The quantitative estimate of drug-likeness (QED) is 0.404. The van der Waals surface area contributed by atoms with Crippen LogP contribution >= 0.6 is 0 Å². The first-order valence-electron chi connectivity index (χ1n) is 12.8. The second-order valence-corrected chi connectivity index (χ2v) is 11.1. The van der Waals surface area contributed by atoms with Crippen molar-refractivity contribution in [3.8, 4) is 11.5 Å². The molecule has 0 atom stereocenters. The van der Waals surface area contributed by atoms with Gasteiger partial charge in [0.15, 0.2) is 6.61 Å². The van der Waals surface area contributed by atoms with Crippen molar-refractivity contribution >= 4 is 33.2 Å². The van der Waals surface area contributed by atoms with E-state index in [1.54, 1.807) is 81.3 Å². The molecule has 206 valence electrons. The Morgan fingerprint density at radius 1 is 1.00 bits per heavy atom. The minimum Gasteiger partial charge on any atom is -0.497 e. The summed E-state index contributed by atoms with van der Waals surface area (Å²) in [5.41, 5.74) is 3.50. The summed E-state index contributed by atoms with van der Waals surface area (Å²) >= 11 is 0. The molecule has 2 amide bonds. The largest absolute Gasteiger partial charge is 0.497 e. The molecular formula is C29H33N3O6S. The highest BCUT2D eigenvalue weighted by Crippen LogP contribution is 2.32. The Balaban J connectivity index is 1.40. The summed E-state index contributed by atoms with van der Waals surface area (Å²) in [5, 5.41) is 2.82. The zero-order valence-corrected chi connectivity index (χ0v) is 23.4. The Kier molecular flexibility index (Phi) is 8.57. The predicted octanol–water partition coefficient (Wildman–Crippen LogP) is 4.25. The Morgan fingerprint density at radius 2 is 1.72 bits per heavy atom. The lowest BCUT2D eigenvalue weighted by Crippen LogP contribution is -2.30. The lowest BCUT2D eigenvalue weighted by Gasteiger charge is -2.19. The molecule has 3 aromatic rings. The average molecular weight is 552 g/mol. The number of benzene rings is 3. The van der Waals surface area contributed by atoms with Crippen LogP contribution in [-0.4, -0.2) is 57.9 Å². The number of anilines is 2. The third-order valence-electron chi connectivity index (χ3n) is 6.70. The number of sulfonamides is 1. The number of fused-ring (bicyclic) bond motifs is 1. The fraction of sp³-hybridized carbons (Fsp3) is 0.310. The highest BCUT2D eigenvalue weighted by atomic mass is 32.2. The second kappa shape index (κ2) is 11.9. The van der Waals surface area contributed by atoms with Gasteiger partial charge in [-0.15, -0.1) is 0 Å². The van der Waals surface area contributed by atoms with Crippen LogP contribution in [0.5, 0.6) is 11.5 Å². The molecule has 4 rings (SSSR count). The molecule has 0 aliphatic carbocycles. The standard InChI is InChI=1S/C29H33N3O6S/c1-5-31(6-2)39(35,36)25-13-14-27(20(3)17-25)38-19-28(33)30-23-10-7-21-15-16-32(26(21)18-23)29(34)22-8-11-24(37-4)12-9-22/h7-14,17-18H,5-6,15-16,19H2,1-4H3,(H,30,33). The Labute approximate surface area is 229 Å². The van der Waals surface area contributed by atoms with E-state index in [2.05, 4.69) is 5.32 Å². The summed E-state index contributed by atoms with van der Waals surface area (Å²) in [5.74, 6) is 0.607. The van der Waals surface area contributed by atoms with E-state index in [-0.39, 0.29) is 23.3 Å². The van der Waals surface area contributed by atoms with Gasteiger partial charge in [-0.2, -0.15) is 4.31 Å². The summed E-state index contributed by atoms with van der Waals surface area (Å²) in [6.07, 6.45) is 0.730. The fourth-order valence-electron chi connectivity index (χ4n) is 4.55. The van der Waals surface area contributed by atoms with Crippen LogP contribution in [0.25, 0.3) is 0 Å². The van der Waals surface area contributed by atoms with Crippen LogP contribution in [0, 0.1) is 6.92 Å². The number of methoxy groups -OCH3 is 1. The van der Waals surface area contributed by atoms with Crippen LogP contribution in [0.1, 0.15) is 35.3 Å². The molecule has 0 aromatic heterocycles. The Hall–Kier alpha value is -3.89. The number of carbonyl (C=O) groups excluding carboxylic acids is 2. The Bertz CT molecular complexity index is 1470. The molecule has 0 radical (unpaired) electrons. The highest BCUT2D eigenvalue weighted by molar-refractivity contribution is 7.89. The van der Waals surface area contributed by atoms with E-state index in [4.69, 9.17) is 9.47 Å². The SMILES string of the molecule is CCN(CC)S(=O)(=O)c1ccc(OCC(=O)Nc2ccc3c(c2)N(C(=O)c2ccc(OC)cc2)CC3)c(C)c1. The third-order valence-corrected chi connectivity index (χ3v) is 8.74. The molecule has 1 aliphatic rings. The molecule has 0 fully saturated rings. The zero-order valence-electron chi connectivity index (χ0n) is 22.6. The van der Waals surface area contributed by atoms with Crippen molar-refractivity contribution in [2.75, 3.05) is 43.6 Å². The molecule has 1 aliphatic heterocycles. The molecule has 9 nitrogen and oxygen atoms in total. The molecule has 0 unspecified atom stereocenters. The fourth-order valence-corrected chi connectivity index (χ4v) is 6.10. The van der Waals surface area contributed by atoms with E-state index in [0.717, 1.165) is 17.7 Å². The number of rotatable bonds is 10. The second-order valence-electron chi connectivity index (χ2n) is 9.13. The van der Waals surface area contributed by atoms with Gasteiger partial charge in [0, 0.05) is 36.6 Å². The van der Waals surface area contributed by atoms with Crippen molar-refractivity contribution in [1.29, 1.82) is 0 Å². The van der Waals surface area contributed by atoms with Crippen molar-refractivity contribution in [2.24, 2.45) is 0 Å². The van der Waals surface area contributed by atoms with Crippen molar-refractivity contribution in [3.05, 3.63) is 77.4 Å². The third kappa shape index (κ3) is 6.07. The first-order chi connectivity index (χ1) is 18.7. The summed E-state index contributed by atoms with van der Waals surface area (Å²) in [4.78, 5) is 27.7. The van der Waals surface area contributed by atoms with E-state index in [1.165, 1.54) is 10.4 Å². The van der Waals surface area contributed by atoms with Gasteiger partial charge in [0.1, 0.15) is 11.5 Å². The summed E-state index contributed by atoms with van der Waals surface area (Å²) in [6.45, 7) is 6.39. The van der Waals surface area contributed by atoms with Gasteiger partial charge in [-0.3, -0.25) is 9.59 Å². The van der Waals surface area contributed by atoms with Crippen molar-refractivity contribution < 1.29 is 27.5 Å². The van der Waals surface area contributed by atoms with E-state index in [1.807, 2.05) is 6.07 Å². The first-order valence-corrected chi connectivity index (χ1v) is 14.2. The number of nitrogens with zero attached hydrogens (tertiary/aromatic N) is 2. The minimum atomic E-state index is -3.58. The summed E-state index contributed by atoms with van der Waals surface area (Å²) in [6, 6.07) is 17.1. The number of hydrogen-bond donors (Lipinski definition) is 1. The van der Waals surface area contributed by atoms with Crippen LogP contribution in [0.3, 0.4) is 0 Å². The van der Waals surface area contributed by atoms with Gasteiger partial charge in [0.05, 0.1) is 12.0 Å². The molecule has 0 bridgehead atoms. The van der Waals surface area contributed by atoms with E-state index >= 15 is 0 Å². The maximum absolute atomic E-state index is 13.1. The highest BCUT2D eigenvalue weighted by Gasteiger charge is 2.26. The topological polar surface area (TPSA) is 105 Å². The van der Waals surface area contributed by atoms with E-state index < -0.39 is 10.0 Å². The van der Waals surface area contributed by atoms with E-state index in [0.29, 0.717) is 47.9 Å². The molecule has 0 saturated carbocycles.